The summed E-state index contributed by atoms with van der Waals surface area (Å²) in [6.45, 7) is 6.51. The second-order valence-electron chi connectivity index (χ2n) is 3.05. The summed E-state index contributed by atoms with van der Waals surface area (Å²) in [5, 5.41) is 4.33. The molecule has 0 saturated heterocycles. The zero-order valence-corrected chi connectivity index (χ0v) is 8.71. The van der Waals surface area contributed by atoms with Crippen LogP contribution in [0.25, 0.3) is 0 Å². The van der Waals surface area contributed by atoms with Crippen molar-refractivity contribution in [1.82, 2.24) is 14.7 Å². The predicted octanol–water partition coefficient (Wildman–Crippen LogP) is 1.48. The van der Waals surface area contributed by atoms with E-state index in [-0.39, 0.29) is 0 Å². The second kappa shape index (κ2) is 3.18. The molecule has 66 valence electrons. The van der Waals surface area contributed by atoms with Crippen molar-refractivity contribution in [2.24, 2.45) is 0 Å². The normalized spacial score (nSPS) is 17.8. The smallest absolute Gasteiger partial charge is 0.128 e. The van der Waals surface area contributed by atoms with E-state index < -0.39 is 0 Å². The molecular formula is C8H12BrN3. The first-order valence-corrected chi connectivity index (χ1v) is 5.03. The lowest BCUT2D eigenvalue weighted by molar-refractivity contribution is 0.224. The Bertz CT molecular complexity index is 282. The van der Waals surface area contributed by atoms with E-state index >= 15 is 0 Å². The maximum absolute atomic E-state index is 4.33. The molecule has 0 atom stereocenters. The van der Waals surface area contributed by atoms with Gasteiger partial charge in [-0.1, -0.05) is 6.92 Å². The number of nitrogens with zero attached hydrogens (tertiary/aromatic N) is 3. The predicted molar refractivity (Wildman–Crippen MR) is 50.9 cm³/mol. The molecule has 12 heavy (non-hydrogen) atoms. The zero-order valence-electron chi connectivity index (χ0n) is 7.13. The summed E-state index contributed by atoms with van der Waals surface area (Å²) < 4.78 is 3.03. The fourth-order valence-electron chi connectivity index (χ4n) is 1.56. The van der Waals surface area contributed by atoms with Gasteiger partial charge in [0.2, 0.25) is 0 Å². The molecule has 1 aromatic heterocycles. The molecule has 4 heteroatoms. The largest absolute Gasteiger partial charge is 0.296 e. The quantitative estimate of drug-likeness (QED) is 0.728. The standard InChI is InChI=1S/C8H12BrN3/c1-2-11-3-4-12-7(6-11)5-8(9)10-12/h5H,2-4,6H2,1H3. The molecule has 2 heterocycles. The monoisotopic (exact) mass is 229 g/mol. The van der Waals surface area contributed by atoms with Gasteiger partial charge in [0.25, 0.3) is 0 Å². The molecule has 0 N–H and O–H groups in total. The Balaban J connectivity index is 2.22. The van der Waals surface area contributed by atoms with E-state index in [2.05, 4.69) is 43.6 Å². The number of rotatable bonds is 1. The van der Waals surface area contributed by atoms with Crippen molar-refractivity contribution in [2.75, 3.05) is 13.1 Å². The molecule has 2 rings (SSSR count). The van der Waals surface area contributed by atoms with E-state index in [1.54, 1.807) is 0 Å². The van der Waals surface area contributed by atoms with Crippen LogP contribution in [-0.4, -0.2) is 27.8 Å². The van der Waals surface area contributed by atoms with E-state index in [1.165, 1.54) is 5.69 Å². The maximum atomic E-state index is 4.33. The number of hydrogen-bond donors (Lipinski definition) is 0. The number of likely N-dealkylation sites (N-methyl/N-ethyl adjacent to an activating group) is 1. The van der Waals surface area contributed by atoms with Crippen LogP contribution in [0.3, 0.4) is 0 Å². The van der Waals surface area contributed by atoms with Gasteiger partial charge >= 0.3 is 0 Å². The number of halogens is 1. The van der Waals surface area contributed by atoms with Crippen LogP contribution in [0, 0.1) is 0 Å². The Hall–Kier alpha value is -0.350. The summed E-state index contributed by atoms with van der Waals surface area (Å²) in [4.78, 5) is 2.42. The van der Waals surface area contributed by atoms with Crippen LogP contribution in [0.1, 0.15) is 12.6 Å². The van der Waals surface area contributed by atoms with Crippen molar-refractivity contribution in [3.05, 3.63) is 16.4 Å². The van der Waals surface area contributed by atoms with Crippen LogP contribution < -0.4 is 0 Å². The first-order valence-electron chi connectivity index (χ1n) is 4.24. The molecule has 0 bridgehead atoms. The van der Waals surface area contributed by atoms with Gasteiger partial charge in [-0.3, -0.25) is 9.58 Å². The fourth-order valence-corrected chi connectivity index (χ4v) is 2.01. The van der Waals surface area contributed by atoms with Crippen molar-refractivity contribution in [3.63, 3.8) is 0 Å². The van der Waals surface area contributed by atoms with Crippen molar-refractivity contribution in [1.29, 1.82) is 0 Å². The maximum Gasteiger partial charge on any atom is 0.128 e. The molecule has 0 aromatic carbocycles. The lowest BCUT2D eigenvalue weighted by Gasteiger charge is -2.25. The highest BCUT2D eigenvalue weighted by atomic mass is 79.9. The summed E-state index contributed by atoms with van der Waals surface area (Å²) in [5.41, 5.74) is 1.31. The zero-order chi connectivity index (χ0) is 8.55. The van der Waals surface area contributed by atoms with Gasteiger partial charge in [0.05, 0.1) is 12.2 Å². The first kappa shape index (κ1) is 8.26. The molecule has 0 unspecified atom stereocenters. The summed E-state index contributed by atoms with van der Waals surface area (Å²) in [6.07, 6.45) is 0. The minimum Gasteiger partial charge on any atom is -0.296 e. The van der Waals surface area contributed by atoms with E-state index in [4.69, 9.17) is 0 Å². The van der Waals surface area contributed by atoms with Crippen molar-refractivity contribution in [3.8, 4) is 0 Å². The van der Waals surface area contributed by atoms with E-state index in [9.17, 15) is 0 Å². The first-order chi connectivity index (χ1) is 5.79. The SMILES string of the molecule is CCN1CCn2nc(Br)cc2C1. The van der Waals surface area contributed by atoms with E-state index in [1.807, 2.05) is 0 Å². The van der Waals surface area contributed by atoms with Gasteiger partial charge in [0.1, 0.15) is 4.60 Å². The molecule has 1 aliphatic heterocycles. The topological polar surface area (TPSA) is 21.1 Å². The molecule has 0 spiro atoms. The lowest BCUT2D eigenvalue weighted by Crippen LogP contribution is -2.33. The van der Waals surface area contributed by atoms with Gasteiger partial charge in [-0.05, 0) is 28.5 Å². The third-order valence-electron chi connectivity index (χ3n) is 2.29. The highest BCUT2D eigenvalue weighted by molar-refractivity contribution is 9.10. The average molecular weight is 230 g/mol. The Morgan fingerprint density at radius 2 is 2.42 bits per heavy atom. The van der Waals surface area contributed by atoms with E-state index in [0.717, 1.165) is 30.8 Å². The van der Waals surface area contributed by atoms with Crippen LogP contribution in [0.4, 0.5) is 0 Å². The van der Waals surface area contributed by atoms with Crippen molar-refractivity contribution in [2.45, 2.75) is 20.0 Å². The summed E-state index contributed by atoms with van der Waals surface area (Å²) in [7, 11) is 0. The van der Waals surface area contributed by atoms with E-state index in [0.29, 0.717) is 0 Å². The molecule has 0 fully saturated rings. The van der Waals surface area contributed by atoms with Crippen molar-refractivity contribution >= 4 is 15.9 Å². The second-order valence-corrected chi connectivity index (χ2v) is 3.86. The molecule has 1 aromatic rings. The van der Waals surface area contributed by atoms with Crippen LogP contribution in [0.5, 0.6) is 0 Å². The minimum absolute atomic E-state index is 0.954. The molecule has 1 aliphatic rings. The minimum atomic E-state index is 0.954. The summed E-state index contributed by atoms with van der Waals surface area (Å²) in [5.74, 6) is 0. The Morgan fingerprint density at radius 1 is 1.58 bits per heavy atom. The summed E-state index contributed by atoms with van der Waals surface area (Å²) >= 11 is 3.38. The average Bonchev–Trinajstić information content (AvgIpc) is 2.43. The van der Waals surface area contributed by atoms with Crippen LogP contribution in [0.15, 0.2) is 10.7 Å². The van der Waals surface area contributed by atoms with Crippen LogP contribution in [0.2, 0.25) is 0 Å². The third kappa shape index (κ3) is 1.41. The van der Waals surface area contributed by atoms with Gasteiger partial charge in [0.15, 0.2) is 0 Å². The van der Waals surface area contributed by atoms with Gasteiger partial charge in [0, 0.05) is 13.1 Å². The van der Waals surface area contributed by atoms with Crippen molar-refractivity contribution < 1.29 is 0 Å². The Labute approximate surface area is 80.5 Å². The highest BCUT2D eigenvalue weighted by Crippen LogP contribution is 2.16. The molecule has 0 radical (unpaired) electrons. The summed E-state index contributed by atoms with van der Waals surface area (Å²) in [6, 6.07) is 2.10. The van der Waals surface area contributed by atoms with Gasteiger partial charge in [-0.25, -0.2) is 0 Å². The van der Waals surface area contributed by atoms with Crippen LogP contribution in [-0.2, 0) is 13.1 Å². The van der Waals surface area contributed by atoms with Gasteiger partial charge < -0.3 is 0 Å². The lowest BCUT2D eigenvalue weighted by atomic mass is 10.3. The highest BCUT2D eigenvalue weighted by Gasteiger charge is 2.15. The molecule has 0 aliphatic carbocycles. The number of hydrogen-bond acceptors (Lipinski definition) is 2. The number of aromatic nitrogens is 2. The molecular weight excluding hydrogens is 218 g/mol. The number of fused-ring (bicyclic) bond motifs is 1. The van der Waals surface area contributed by atoms with Gasteiger partial charge in [-0.15, -0.1) is 0 Å². The Morgan fingerprint density at radius 3 is 3.17 bits per heavy atom. The van der Waals surface area contributed by atoms with Crippen LogP contribution >= 0.6 is 15.9 Å². The van der Waals surface area contributed by atoms with Gasteiger partial charge in [-0.2, -0.15) is 5.10 Å². The fraction of sp³-hybridized carbons (Fsp3) is 0.625. The molecule has 0 amide bonds. The third-order valence-corrected chi connectivity index (χ3v) is 2.68. The molecule has 0 saturated carbocycles. The Kier molecular flexibility index (Phi) is 2.19. The molecule has 3 nitrogen and oxygen atoms in total.